The van der Waals surface area contributed by atoms with Crippen molar-refractivity contribution in [2.75, 3.05) is 0 Å². The van der Waals surface area contributed by atoms with Crippen molar-refractivity contribution in [3.8, 4) is 23.0 Å². The lowest BCUT2D eigenvalue weighted by molar-refractivity contribution is -0.121. The summed E-state index contributed by atoms with van der Waals surface area (Å²) in [6, 6.07) is 8.34. The Morgan fingerprint density at radius 2 is 1.10 bits per heavy atom. The fraction of sp³-hybridized carbons (Fsp3) is 0.238. The van der Waals surface area contributed by atoms with E-state index in [1.807, 2.05) is 0 Å². The Bertz CT molecular complexity index is 897. The molecule has 0 unspecified atom stereocenters. The summed E-state index contributed by atoms with van der Waals surface area (Å²) < 4.78 is 0. The van der Waals surface area contributed by atoms with Crippen LogP contribution in [0.25, 0.3) is 0 Å². The van der Waals surface area contributed by atoms with Crippen LogP contribution in [0.5, 0.6) is 23.0 Å². The first-order chi connectivity index (χ1) is 14.8. The predicted octanol–water partition coefficient (Wildman–Crippen LogP) is 2.06. The van der Waals surface area contributed by atoms with E-state index in [2.05, 4.69) is 21.1 Å². The van der Waals surface area contributed by atoms with Crippen molar-refractivity contribution < 1.29 is 30.0 Å². The normalized spacial score (nSPS) is 11.1. The molecule has 0 bridgehead atoms. The Morgan fingerprint density at radius 3 is 1.48 bits per heavy atom. The number of carbonyl (C=O) groups is 2. The van der Waals surface area contributed by atoms with Crippen molar-refractivity contribution in [3.05, 3.63) is 47.5 Å². The van der Waals surface area contributed by atoms with Gasteiger partial charge in [0.2, 0.25) is 11.8 Å². The minimum Gasteiger partial charge on any atom is -0.504 e. The van der Waals surface area contributed by atoms with Crippen molar-refractivity contribution in [2.45, 2.75) is 32.1 Å². The van der Waals surface area contributed by atoms with Gasteiger partial charge in [-0.05, 0) is 60.4 Å². The van der Waals surface area contributed by atoms with E-state index in [1.54, 1.807) is 0 Å². The lowest BCUT2D eigenvalue weighted by Gasteiger charge is -2.02. The summed E-state index contributed by atoms with van der Waals surface area (Å²) in [5, 5.41) is 44.8. The molecule has 2 aromatic carbocycles. The van der Waals surface area contributed by atoms with Gasteiger partial charge in [0.25, 0.3) is 0 Å². The number of hydrogen-bond donors (Lipinski definition) is 6. The van der Waals surface area contributed by atoms with Crippen LogP contribution in [0, 0.1) is 0 Å². The smallest absolute Gasteiger partial charge is 0.240 e. The molecular formula is C21H24N4O6. The van der Waals surface area contributed by atoms with Crippen molar-refractivity contribution in [1.82, 2.24) is 10.9 Å². The first-order valence-electron chi connectivity index (χ1n) is 9.53. The molecule has 2 amide bonds. The third-order valence-electron chi connectivity index (χ3n) is 4.11. The van der Waals surface area contributed by atoms with Crippen LogP contribution in [0.3, 0.4) is 0 Å². The van der Waals surface area contributed by atoms with Crippen molar-refractivity contribution in [2.24, 2.45) is 10.2 Å². The van der Waals surface area contributed by atoms with Gasteiger partial charge in [-0.15, -0.1) is 0 Å². The average molecular weight is 428 g/mol. The van der Waals surface area contributed by atoms with E-state index in [4.69, 9.17) is 0 Å². The fourth-order valence-corrected chi connectivity index (χ4v) is 2.46. The van der Waals surface area contributed by atoms with Gasteiger partial charge in [0, 0.05) is 12.8 Å². The van der Waals surface area contributed by atoms with E-state index in [0.29, 0.717) is 30.4 Å². The summed E-state index contributed by atoms with van der Waals surface area (Å²) in [4.78, 5) is 23.5. The van der Waals surface area contributed by atoms with Gasteiger partial charge in [-0.25, -0.2) is 10.9 Å². The molecule has 2 rings (SSSR count). The average Bonchev–Trinajstić information content (AvgIpc) is 2.73. The zero-order valence-electron chi connectivity index (χ0n) is 16.7. The summed E-state index contributed by atoms with van der Waals surface area (Å²) in [6.07, 6.45) is 5.05. The van der Waals surface area contributed by atoms with Crippen LogP contribution in [-0.2, 0) is 9.59 Å². The van der Waals surface area contributed by atoms with Gasteiger partial charge in [-0.1, -0.05) is 6.42 Å². The zero-order chi connectivity index (χ0) is 22.6. The van der Waals surface area contributed by atoms with Crippen LogP contribution in [0.15, 0.2) is 46.6 Å². The lowest BCUT2D eigenvalue weighted by Crippen LogP contribution is -2.18. The first kappa shape index (κ1) is 23.2. The number of phenolic OH excluding ortho intramolecular Hbond substituents is 4. The quantitative estimate of drug-likeness (QED) is 0.147. The standard InChI is InChI=1S/C21H24N4O6/c26-16-8-6-14(10-18(16)28)12-22-24-20(30)4-2-1-3-5-21(31)25-23-13-15-7-9-17(27)19(29)11-15/h6-13,26-29H,1-5H2,(H,24,30)(H,25,31)/b22-12+,23-13+. The summed E-state index contributed by atoms with van der Waals surface area (Å²) >= 11 is 0. The SMILES string of the molecule is O=C(CCCCCC(=O)N/N=C/c1ccc(O)c(O)c1)N/N=C/c1ccc(O)c(O)c1. The summed E-state index contributed by atoms with van der Waals surface area (Å²) in [5.74, 6) is -1.57. The highest BCUT2D eigenvalue weighted by Gasteiger charge is 2.03. The third kappa shape index (κ3) is 8.44. The molecule has 0 atom stereocenters. The van der Waals surface area contributed by atoms with Gasteiger partial charge in [0.15, 0.2) is 23.0 Å². The number of phenols is 4. The number of hydrazone groups is 2. The maximum Gasteiger partial charge on any atom is 0.240 e. The highest BCUT2D eigenvalue weighted by molar-refractivity contribution is 5.84. The van der Waals surface area contributed by atoms with Crippen LogP contribution in [-0.4, -0.2) is 44.7 Å². The number of nitrogens with zero attached hydrogens (tertiary/aromatic N) is 2. The van der Waals surface area contributed by atoms with Crippen molar-refractivity contribution in [1.29, 1.82) is 0 Å². The molecule has 0 saturated heterocycles. The Hall–Kier alpha value is -4.08. The second-order valence-corrected chi connectivity index (χ2v) is 6.64. The number of benzene rings is 2. The third-order valence-corrected chi connectivity index (χ3v) is 4.11. The first-order valence-corrected chi connectivity index (χ1v) is 9.53. The molecule has 0 aromatic heterocycles. The number of hydrogen-bond acceptors (Lipinski definition) is 8. The highest BCUT2D eigenvalue weighted by atomic mass is 16.3. The van der Waals surface area contributed by atoms with Crippen molar-refractivity contribution in [3.63, 3.8) is 0 Å². The minimum atomic E-state index is -0.273. The molecule has 10 heteroatoms. The van der Waals surface area contributed by atoms with Gasteiger partial charge in [0.1, 0.15) is 0 Å². The molecule has 0 aliphatic carbocycles. The summed E-state index contributed by atoms with van der Waals surface area (Å²) in [5.41, 5.74) is 5.78. The van der Waals surface area contributed by atoms with Gasteiger partial charge < -0.3 is 20.4 Å². The molecular weight excluding hydrogens is 404 g/mol. The lowest BCUT2D eigenvalue weighted by atomic mass is 10.1. The second kappa shape index (κ2) is 11.8. The highest BCUT2D eigenvalue weighted by Crippen LogP contribution is 2.24. The molecule has 31 heavy (non-hydrogen) atoms. The number of rotatable bonds is 10. The number of aromatic hydroxyl groups is 4. The fourth-order valence-electron chi connectivity index (χ4n) is 2.46. The predicted molar refractivity (Wildman–Crippen MR) is 114 cm³/mol. The van der Waals surface area contributed by atoms with E-state index in [1.165, 1.54) is 48.8 Å². The molecule has 6 N–H and O–H groups in total. The van der Waals surface area contributed by atoms with Crippen LogP contribution < -0.4 is 10.9 Å². The van der Waals surface area contributed by atoms with Crippen LogP contribution in [0.4, 0.5) is 0 Å². The van der Waals surface area contributed by atoms with Crippen LogP contribution in [0.1, 0.15) is 43.2 Å². The topological polar surface area (TPSA) is 164 Å². The molecule has 0 fully saturated rings. The Labute approximate surface area is 178 Å². The summed E-state index contributed by atoms with van der Waals surface area (Å²) in [6.45, 7) is 0. The Morgan fingerprint density at radius 1 is 0.677 bits per heavy atom. The van der Waals surface area contributed by atoms with E-state index in [0.717, 1.165) is 0 Å². The number of carbonyl (C=O) groups excluding carboxylic acids is 2. The maximum atomic E-state index is 11.7. The molecule has 0 spiro atoms. The molecule has 0 aliphatic rings. The molecule has 2 aromatic rings. The Kier molecular flexibility index (Phi) is 8.84. The number of nitrogens with one attached hydrogen (secondary N) is 2. The second-order valence-electron chi connectivity index (χ2n) is 6.64. The van der Waals surface area contributed by atoms with E-state index in [-0.39, 0.29) is 47.7 Å². The summed E-state index contributed by atoms with van der Waals surface area (Å²) in [7, 11) is 0. The monoisotopic (exact) mass is 428 g/mol. The maximum absolute atomic E-state index is 11.7. The molecule has 10 nitrogen and oxygen atoms in total. The molecule has 0 saturated carbocycles. The van der Waals surface area contributed by atoms with Crippen molar-refractivity contribution >= 4 is 24.2 Å². The minimum absolute atomic E-state index is 0.237. The van der Waals surface area contributed by atoms with Gasteiger partial charge in [-0.3, -0.25) is 9.59 Å². The van der Waals surface area contributed by atoms with E-state index >= 15 is 0 Å². The molecule has 0 aliphatic heterocycles. The van der Waals surface area contributed by atoms with Crippen LogP contribution >= 0.6 is 0 Å². The van der Waals surface area contributed by atoms with Crippen LogP contribution in [0.2, 0.25) is 0 Å². The molecule has 0 radical (unpaired) electrons. The van der Waals surface area contributed by atoms with Gasteiger partial charge in [0.05, 0.1) is 12.4 Å². The number of unbranched alkanes of at least 4 members (excludes halogenated alkanes) is 2. The Balaban J connectivity index is 1.57. The van der Waals surface area contributed by atoms with E-state index in [9.17, 15) is 30.0 Å². The largest absolute Gasteiger partial charge is 0.504 e. The van der Waals surface area contributed by atoms with Gasteiger partial charge in [-0.2, -0.15) is 10.2 Å². The molecule has 164 valence electrons. The van der Waals surface area contributed by atoms with Gasteiger partial charge >= 0.3 is 0 Å². The van der Waals surface area contributed by atoms with E-state index < -0.39 is 0 Å². The number of amides is 2. The zero-order valence-corrected chi connectivity index (χ0v) is 16.7. The molecule has 0 heterocycles.